The van der Waals surface area contributed by atoms with Crippen LogP contribution in [0.3, 0.4) is 0 Å². The summed E-state index contributed by atoms with van der Waals surface area (Å²) in [5.74, 6) is 0.297. The second-order valence-corrected chi connectivity index (χ2v) is 3.18. The van der Waals surface area contributed by atoms with E-state index in [0.717, 1.165) is 19.2 Å². The first-order valence-corrected chi connectivity index (χ1v) is 4.62. The normalized spacial score (nSPS) is 16.1. The van der Waals surface area contributed by atoms with Gasteiger partial charge in [-0.05, 0) is 25.3 Å². The molecule has 0 nitrogen and oxygen atoms in total. The molecule has 0 N–H and O–H groups in total. The standard InChI is InChI=1S/C10H18BF/c1-5-6-10(9(3)12)8(2)7-11-4/h5-6,8,11H,7H2,1-4H3/b6-5-,10-9-. The zero-order chi connectivity index (χ0) is 9.56. The van der Waals surface area contributed by atoms with Gasteiger partial charge in [-0.25, -0.2) is 4.39 Å². The van der Waals surface area contributed by atoms with Gasteiger partial charge >= 0.3 is 0 Å². The minimum absolute atomic E-state index is 0.0472. The first-order valence-electron chi connectivity index (χ1n) is 4.62. The van der Waals surface area contributed by atoms with Gasteiger partial charge in [-0.15, -0.1) is 0 Å². The van der Waals surface area contributed by atoms with Crippen LogP contribution in [0.1, 0.15) is 20.8 Å². The summed E-state index contributed by atoms with van der Waals surface area (Å²) in [7, 11) is 1.11. The zero-order valence-electron chi connectivity index (χ0n) is 8.52. The second-order valence-electron chi connectivity index (χ2n) is 3.18. The van der Waals surface area contributed by atoms with Crippen molar-refractivity contribution >= 4 is 7.28 Å². The molecule has 0 spiro atoms. The second kappa shape index (κ2) is 6.04. The molecule has 0 bridgehead atoms. The molecule has 0 aliphatic heterocycles. The van der Waals surface area contributed by atoms with E-state index in [0.29, 0.717) is 5.92 Å². The third-order valence-corrected chi connectivity index (χ3v) is 2.00. The van der Waals surface area contributed by atoms with Gasteiger partial charge in [0.2, 0.25) is 0 Å². The Hall–Kier alpha value is -0.525. The molecular formula is C10H18BF. The average molecular weight is 168 g/mol. The Morgan fingerprint density at radius 1 is 1.58 bits per heavy atom. The smallest absolute Gasteiger partial charge is 0.118 e. The van der Waals surface area contributed by atoms with Gasteiger partial charge in [0.1, 0.15) is 13.1 Å². The number of hydrogen-bond donors (Lipinski definition) is 0. The first-order chi connectivity index (χ1) is 5.63. The van der Waals surface area contributed by atoms with E-state index in [1.165, 1.54) is 6.92 Å². The molecule has 1 unspecified atom stereocenters. The fourth-order valence-electron chi connectivity index (χ4n) is 1.39. The average Bonchev–Trinajstić information content (AvgIpc) is 1.99. The summed E-state index contributed by atoms with van der Waals surface area (Å²) in [6.45, 7) is 7.64. The molecule has 12 heavy (non-hydrogen) atoms. The maximum Gasteiger partial charge on any atom is 0.118 e. The molecule has 68 valence electrons. The summed E-state index contributed by atoms with van der Waals surface area (Å²) < 4.78 is 13.0. The van der Waals surface area contributed by atoms with E-state index in [1.807, 2.05) is 19.1 Å². The van der Waals surface area contributed by atoms with Crippen LogP contribution in [-0.4, -0.2) is 7.28 Å². The van der Waals surface area contributed by atoms with Gasteiger partial charge in [-0.1, -0.05) is 32.2 Å². The fourth-order valence-corrected chi connectivity index (χ4v) is 1.39. The SMILES string of the molecule is CBCC(C)C(/C=C\C)=C(/C)F. The third kappa shape index (κ3) is 3.75. The third-order valence-electron chi connectivity index (χ3n) is 2.00. The summed E-state index contributed by atoms with van der Waals surface area (Å²) in [6, 6.07) is 0. The van der Waals surface area contributed by atoms with Crippen LogP contribution in [0.25, 0.3) is 0 Å². The highest BCUT2D eigenvalue weighted by atomic mass is 19.1. The van der Waals surface area contributed by atoms with E-state index in [4.69, 9.17) is 0 Å². The molecule has 1 atom stereocenters. The van der Waals surface area contributed by atoms with Crippen molar-refractivity contribution in [3.63, 3.8) is 0 Å². The minimum atomic E-state index is -0.0472. The highest BCUT2D eigenvalue weighted by molar-refractivity contribution is 6.33. The van der Waals surface area contributed by atoms with Crippen molar-refractivity contribution in [1.82, 2.24) is 0 Å². The van der Waals surface area contributed by atoms with E-state index in [2.05, 4.69) is 13.7 Å². The van der Waals surface area contributed by atoms with Crippen LogP contribution in [0.15, 0.2) is 23.6 Å². The molecule has 0 radical (unpaired) electrons. The number of allylic oxidation sites excluding steroid dienone is 4. The molecule has 0 saturated heterocycles. The Labute approximate surface area is 75.8 Å². The lowest BCUT2D eigenvalue weighted by Crippen LogP contribution is -2.00. The molecule has 0 aromatic carbocycles. The summed E-state index contributed by atoms with van der Waals surface area (Å²) >= 11 is 0. The van der Waals surface area contributed by atoms with Gasteiger partial charge in [0.05, 0.1) is 0 Å². The molecule has 0 aliphatic carbocycles. The van der Waals surface area contributed by atoms with Crippen LogP contribution in [0.4, 0.5) is 4.39 Å². The molecule has 0 aromatic heterocycles. The zero-order valence-corrected chi connectivity index (χ0v) is 8.52. The molecule has 0 rings (SSSR count). The highest BCUT2D eigenvalue weighted by Gasteiger charge is 2.08. The Balaban J connectivity index is 4.42. The number of rotatable bonds is 4. The molecule has 0 aliphatic rings. The summed E-state index contributed by atoms with van der Waals surface area (Å²) in [6.07, 6.45) is 4.82. The molecule has 2 heteroatoms. The summed E-state index contributed by atoms with van der Waals surface area (Å²) in [5.41, 5.74) is 0.847. The number of hydrogen-bond acceptors (Lipinski definition) is 0. The van der Waals surface area contributed by atoms with Crippen LogP contribution in [0, 0.1) is 5.92 Å². The largest absolute Gasteiger partial charge is 0.212 e. The quantitative estimate of drug-likeness (QED) is 0.446. The molecule has 0 saturated carbocycles. The number of halogens is 1. The fraction of sp³-hybridized carbons (Fsp3) is 0.600. The predicted molar refractivity (Wildman–Crippen MR) is 55.6 cm³/mol. The van der Waals surface area contributed by atoms with Crippen LogP contribution in [0.5, 0.6) is 0 Å². The summed E-state index contributed by atoms with van der Waals surface area (Å²) in [5, 5.41) is 0. The first kappa shape index (κ1) is 11.5. The van der Waals surface area contributed by atoms with Gasteiger partial charge in [-0.2, -0.15) is 0 Å². The lowest BCUT2D eigenvalue weighted by Gasteiger charge is -2.11. The van der Waals surface area contributed by atoms with E-state index >= 15 is 0 Å². The lowest BCUT2D eigenvalue weighted by molar-refractivity contribution is 0.604. The van der Waals surface area contributed by atoms with Gasteiger partial charge in [-0.3, -0.25) is 0 Å². The van der Waals surface area contributed by atoms with Gasteiger partial charge in [0, 0.05) is 0 Å². The Morgan fingerprint density at radius 2 is 2.17 bits per heavy atom. The molecule has 0 fully saturated rings. The molecule has 0 aromatic rings. The predicted octanol–water partition coefficient (Wildman–Crippen LogP) is 3.35. The lowest BCUT2D eigenvalue weighted by atomic mass is 9.71. The maximum atomic E-state index is 13.0. The van der Waals surface area contributed by atoms with Gasteiger partial charge in [0.15, 0.2) is 0 Å². The van der Waals surface area contributed by atoms with Crippen LogP contribution in [-0.2, 0) is 0 Å². The van der Waals surface area contributed by atoms with Crippen molar-refractivity contribution in [1.29, 1.82) is 0 Å². The van der Waals surface area contributed by atoms with Crippen molar-refractivity contribution in [2.24, 2.45) is 5.92 Å². The van der Waals surface area contributed by atoms with Crippen molar-refractivity contribution in [3.8, 4) is 0 Å². The minimum Gasteiger partial charge on any atom is -0.212 e. The van der Waals surface area contributed by atoms with Crippen LogP contribution < -0.4 is 0 Å². The van der Waals surface area contributed by atoms with Crippen molar-refractivity contribution in [3.05, 3.63) is 23.6 Å². The monoisotopic (exact) mass is 168 g/mol. The maximum absolute atomic E-state index is 13.0. The van der Waals surface area contributed by atoms with E-state index in [-0.39, 0.29) is 5.83 Å². The Kier molecular flexibility index (Phi) is 5.78. The van der Waals surface area contributed by atoms with E-state index in [9.17, 15) is 4.39 Å². The topological polar surface area (TPSA) is 0 Å². The van der Waals surface area contributed by atoms with Crippen molar-refractivity contribution < 1.29 is 4.39 Å². The van der Waals surface area contributed by atoms with Crippen LogP contribution >= 0.6 is 0 Å². The Bertz CT molecular complexity index is 178. The van der Waals surface area contributed by atoms with Crippen molar-refractivity contribution in [2.45, 2.75) is 33.9 Å². The van der Waals surface area contributed by atoms with E-state index < -0.39 is 0 Å². The molecular weight excluding hydrogens is 150 g/mol. The Morgan fingerprint density at radius 3 is 2.50 bits per heavy atom. The molecule has 0 amide bonds. The molecule has 0 heterocycles. The highest BCUT2D eigenvalue weighted by Crippen LogP contribution is 2.20. The summed E-state index contributed by atoms with van der Waals surface area (Å²) in [4.78, 5) is 0. The van der Waals surface area contributed by atoms with Crippen LogP contribution in [0.2, 0.25) is 13.1 Å². The van der Waals surface area contributed by atoms with Crippen molar-refractivity contribution in [2.75, 3.05) is 0 Å². The van der Waals surface area contributed by atoms with E-state index in [1.54, 1.807) is 0 Å². The van der Waals surface area contributed by atoms with Gasteiger partial charge in [0.25, 0.3) is 0 Å². The van der Waals surface area contributed by atoms with Gasteiger partial charge < -0.3 is 0 Å².